The van der Waals surface area contributed by atoms with Gasteiger partial charge in [-0.3, -0.25) is 4.79 Å². The van der Waals surface area contributed by atoms with Gasteiger partial charge in [0.1, 0.15) is 10.8 Å². The van der Waals surface area contributed by atoms with E-state index in [4.69, 9.17) is 26.2 Å². The van der Waals surface area contributed by atoms with Crippen LogP contribution in [-0.2, 0) is 11.2 Å². The van der Waals surface area contributed by atoms with E-state index in [0.717, 1.165) is 0 Å². The predicted octanol–water partition coefficient (Wildman–Crippen LogP) is 1.40. The minimum atomic E-state index is -1.06. The van der Waals surface area contributed by atoms with Gasteiger partial charge >= 0.3 is 5.97 Å². The van der Waals surface area contributed by atoms with Crippen LogP contribution in [0.15, 0.2) is 6.07 Å². The minimum absolute atomic E-state index is 0.0127. The van der Waals surface area contributed by atoms with Crippen molar-refractivity contribution in [2.75, 3.05) is 6.79 Å². The van der Waals surface area contributed by atoms with Crippen molar-refractivity contribution in [2.45, 2.75) is 6.42 Å². The molecule has 0 aromatic heterocycles. The van der Waals surface area contributed by atoms with Crippen molar-refractivity contribution in [3.63, 3.8) is 0 Å². The maximum atomic E-state index is 10.5. The summed E-state index contributed by atoms with van der Waals surface area (Å²) in [5, 5.41) is 18.2. The number of benzene rings is 1. The number of carboxylic acids is 1. The third-order valence-electron chi connectivity index (χ3n) is 2.00. The van der Waals surface area contributed by atoms with Gasteiger partial charge in [0, 0.05) is 5.56 Å². The number of carbonyl (C=O) groups is 1. The van der Waals surface area contributed by atoms with E-state index in [1.165, 1.54) is 6.07 Å². The molecule has 15 heavy (non-hydrogen) atoms. The molecule has 0 atom stereocenters. The Morgan fingerprint density at radius 1 is 1.53 bits per heavy atom. The first-order valence-corrected chi connectivity index (χ1v) is 4.49. The number of rotatable bonds is 2. The quantitative estimate of drug-likeness (QED) is 0.803. The van der Waals surface area contributed by atoms with Gasteiger partial charge in [0.15, 0.2) is 11.5 Å². The van der Waals surface area contributed by atoms with Crippen LogP contribution in [0.2, 0.25) is 5.02 Å². The van der Waals surface area contributed by atoms with E-state index in [1.807, 2.05) is 0 Å². The van der Waals surface area contributed by atoms with Crippen LogP contribution in [0.25, 0.3) is 0 Å². The van der Waals surface area contributed by atoms with Crippen LogP contribution in [0.5, 0.6) is 17.2 Å². The molecule has 0 amide bonds. The summed E-state index contributed by atoms with van der Waals surface area (Å²) in [5.41, 5.74) is 0.205. The molecule has 0 radical (unpaired) electrons. The van der Waals surface area contributed by atoms with Gasteiger partial charge in [-0.1, -0.05) is 11.6 Å². The number of hydrogen-bond acceptors (Lipinski definition) is 4. The number of carboxylic acid groups (broad SMARTS) is 1. The van der Waals surface area contributed by atoms with Crippen LogP contribution in [0.4, 0.5) is 0 Å². The summed E-state index contributed by atoms with van der Waals surface area (Å²) in [5.74, 6) is -0.721. The number of fused-ring (bicyclic) bond motifs is 1. The lowest BCUT2D eigenvalue weighted by atomic mass is 10.1. The van der Waals surface area contributed by atoms with Crippen LogP contribution < -0.4 is 9.47 Å². The number of phenols is 1. The highest BCUT2D eigenvalue weighted by molar-refractivity contribution is 6.34. The van der Waals surface area contributed by atoms with Gasteiger partial charge in [0.25, 0.3) is 0 Å². The van der Waals surface area contributed by atoms with E-state index in [0.29, 0.717) is 5.75 Å². The normalized spacial score (nSPS) is 12.9. The van der Waals surface area contributed by atoms with Gasteiger partial charge in [-0.2, -0.15) is 0 Å². The lowest BCUT2D eigenvalue weighted by molar-refractivity contribution is -0.136. The van der Waals surface area contributed by atoms with Gasteiger partial charge in [-0.25, -0.2) is 0 Å². The second-order valence-corrected chi connectivity index (χ2v) is 3.38. The topological polar surface area (TPSA) is 76.0 Å². The highest BCUT2D eigenvalue weighted by Crippen LogP contribution is 2.46. The van der Waals surface area contributed by atoms with Gasteiger partial charge < -0.3 is 19.7 Å². The Kier molecular flexibility index (Phi) is 2.32. The van der Waals surface area contributed by atoms with Gasteiger partial charge in [0.2, 0.25) is 6.79 Å². The second-order valence-electron chi connectivity index (χ2n) is 3.00. The van der Waals surface area contributed by atoms with E-state index in [1.54, 1.807) is 0 Å². The second kappa shape index (κ2) is 3.51. The Morgan fingerprint density at radius 3 is 2.93 bits per heavy atom. The van der Waals surface area contributed by atoms with Crippen molar-refractivity contribution in [3.8, 4) is 17.2 Å². The van der Waals surface area contributed by atoms with E-state index in [9.17, 15) is 9.90 Å². The maximum Gasteiger partial charge on any atom is 0.307 e. The molecule has 1 aromatic carbocycles. The summed E-state index contributed by atoms with van der Waals surface area (Å²) in [4.78, 5) is 10.5. The van der Waals surface area contributed by atoms with Gasteiger partial charge in [-0.15, -0.1) is 0 Å². The summed E-state index contributed by atoms with van der Waals surface area (Å²) in [6.45, 7) is 0.0189. The van der Waals surface area contributed by atoms with Crippen molar-refractivity contribution in [2.24, 2.45) is 0 Å². The Morgan fingerprint density at radius 2 is 2.27 bits per heavy atom. The summed E-state index contributed by atoms with van der Waals surface area (Å²) in [7, 11) is 0. The van der Waals surface area contributed by atoms with E-state index < -0.39 is 5.97 Å². The number of hydrogen-bond donors (Lipinski definition) is 2. The average Bonchev–Trinajstić information content (AvgIpc) is 2.61. The van der Waals surface area contributed by atoms with Crippen molar-refractivity contribution >= 4 is 17.6 Å². The summed E-state index contributed by atoms with van der Waals surface area (Å²) in [6, 6.07) is 1.41. The number of aliphatic carboxylic acids is 1. The molecule has 0 bridgehead atoms. The van der Waals surface area contributed by atoms with Crippen LogP contribution in [0, 0.1) is 0 Å². The average molecular weight is 231 g/mol. The number of phenolic OH excluding ortho intramolecular Hbond substituents is 1. The molecule has 0 spiro atoms. The van der Waals surface area contributed by atoms with Crippen molar-refractivity contribution in [1.82, 2.24) is 0 Å². The van der Waals surface area contributed by atoms with E-state index in [-0.39, 0.29) is 35.3 Å². The molecule has 0 unspecified atom stereocenters. The molecular formula is C9H7ClO5. The Hall–Kier alpha value is -1.62. The smallest absolute Gasteiger partial charge is 0.307 e. The molecule has 1 aliphatic heterocycles. The van der Waals surface area contributed by atoms with E-state index in [2.05, 4.69) is 0 Å². The third-order valence-corrected chi connectivity index (χ3v) is 2.35. The van der Waals surface area contributed by atoms with E-state index >= 15 is 0 Å². The number of aromatic hydroxyl groups is 1. The Bertz CT molecular complexity index is 429. The van der Waals surface area contributed by atoms with Crippen LogP contribution >= 0.6 is 11.6 Å². The van der Waals surface area contributed by atoms with Crippen molar-refractivity contribution < 1.29 is 24.5 Å². The first-order chi connectivity index (χ1) is 7.09. The monoisotopic (exact) mass is 230 g/mol. The molecule has 2 rings (SSSR count). The fraction of sp³-hybridized carbons (Fsp3) is 0.222. The molecular weight excluding hydrogens is 224 g/mol. The van der Waals surface area contributed by atoms with Gasteiger partial charge in [-0.05, 0) is 6.07 Å². The minimum Gasteiger partial charge on any atom is -0.506 e. The molecule has 1 aliphatic rings. The molecule has 5 nitrogen and oxygen atoms in total. The molecule has 0 aliphatic carbocycles. The first-order valence-electron chi connectivity index (χ1n) is 4.11. The first kappa shape index (κ1) is 9.92. The standard InChI is InChI=1S/C9H7ClO5/c10-7-8(13)4(2-6(11)12)1-5-9(7)15-3-14-5/h1,13H,2-3H2,(H,11,12). The lowest BCUT2D eigenvalue weighted by Gasteiger charge is -2.06. The molecule has 2 N–H and O–H groups in total. The number of ether oxygens (including phenoxy) is 2. The van der Waals surface area contributed by atoms with Crippen LogP contribution in [-0.4, -0.2) is 23.0 Å². The zero-order valence-corrected chi connectivity index (χ0v) is 8.24. The maximum absolute atomic E-state index is 10.5. The van der Waals surface area contributed by atoms with Crippen LogP contribution in [0.1, 0.15) is 5.56 Å². The zero-order valence-electron chi connectivity index (χ0n) is 7.49. The van der Waals surface area contributed by atoms with Gasteiger partial charge in [0.05, 0.1) is 6.42 Å². The zero-order chi connectivity index (χ0) is 11.0. The highest BCUT2D eigenvalue weighted by Gasteiger charge is 2.23. The van der Waals surface area contributed by atoms with Crippen molar-refractivity contribution in [1.29, 1.82) is 0 Å². The molecule has 0 saturated carbocycles. The summed E-state index contributed by atoms with van der Waals surface area (Å²) in [6.07, 6.45) is -0.317. The molecule has 1 heterocycles. The number of halogens is 1. The molecule has 1 aromatic rings. The predicted molar refractivity (Wildman–Crippen MR) is 50.6 cm³/mol. The Balaban J connectivity index is 2.49. The van der Waals surface area contributed by atoms with Crippen LogP contribution in [0.3, 0.4) is 0 Å². The molecule has 6 heteroatoms. The Labute approximate surface area is 89.8 Å². The lowest BCUT2D eigenvalue weighted by Crippen LogP contribution is -2.00. The molecule has 0 saturated heterocycles. The third kappa shape index (κ3) is 1.66. The fourth-order valence-electron chi connectivity index (χ4n) is 1.34. The summed E-state index contributed by atoms with van der Waals surface area (Å²) < 4.78 is 10.1. The summed E-state index contributed by atoms with van der Waals surface area (Å²) >= 11 is 5.78. The van der Waals surface area contributed by atoms with Crippen molar-refractivity contribution in [3.05, 3.63) is 16.7 Å². The molecule has 0 fully saturated rings. The largest absolute Gasteiger partial charge is 0.506 e. The SMILES string of the molecule is O=C(O)Cc1cc2c(c(Cl)c1O)OCO2. The highest BCUT2D eigenvalue weighted by atomic mass is 35.5. The fourth-order valence-corrected chi connectivity index (χ4v) is 1.61. The molecule has 80 valence electrons.